The third-order valence-corrected chi connectivity index (χ3v) is 4.86. The van der Waals surface area contributed by atoms with Crippen molar-refractivity contribution in [3.05, 3.63) is 87.4 Å². The van der Waals surface area contributed by atoms with Crippen LogP contribution in [-0.4, -0.2) is 24.4 Å². The van der Waals surface area contributed by atoms with Crippen LogP contribution in [0.3, 0.4) is 0 Å². The summed E-state index contributed by atoms with van der Waals surface area (Å²) in [5.74, 6) is 0.0632. The first-order chi connectivity index (χ1) is 14.5. The number of carboxylic acids is 1. The summed E-state index contributed by atoms with van der Waals surface area (Å²) in [4.78, 5) is 11.2. The van der Waals surface area contributed by atoms with E-state index in [1.807, 2.05) is 6.07 Å². The lowest BCUT2D eigenvalue weighted by atomic mass is 10.2. The second-order valence-corrected chi connectivity index (χ2v) is 6.98. The van der Waals surface area contributed by atoms with Gasteiger partial charge in [0.1, 0.15) is 6.61 Å². The van der Waals surface area contributed by atoms with Crippen molar-refractivity contribution in [3.63, 3.8) is 0 Å². The minimum atomic E-state index is -1.03. The van der Waals surface area contributed by atoms with Crippen molar-refractivity contribution in [3.8, 4) is 11.5 Å². The number of methoxy groups -OCH3 is 1. The monoisotopic (exact) mass is 444 g/mol. The number of benzene rings is 3. The maximum Gasteiger partial charge on any atom is 0.337 e. The van der Waals surface area contributed by atoms with Crippen molar-refractivity contribution in [2.45, 2.75) is 6.61 Å². The molecule has 0 saturated heterocycles. The number of carboxylic acid groups (broad SMARTS) is 1. The lowest BCUT2D eigenvalue weighted by molar-refractivity contribution is 0.0698. The SMILES string of the molecule is COc1cc(/C=N/Nc2ccccc2C(=O)O)ccc1OCc1ccc(Cl)c(Cl)c1. The highest BCUT2D eigenvalue weighted by molar-refractivity contribution is 6.42. The Kier molecular flexibility index (Phi) is 7.17. The summed E-state index contributed by atoms with van der Waals surface area (Å²) < 4.78 is 11.2. The first-order valence-electron chi connectivity index (χ1n) is 8.84. The van der Waals surface area contributed by atoms with E-state index in [9.17, 15) is 9.90 Å². The maximum atomic E-state index is 11.2. The van der Waals surface area contributed by atoms with Crippen molar-refractivity contribution in [1.82, 2.24) is 0 Å². The molecule has 3 aromatic rings. The molecule has 0 bridgehead atoms. The Morgan fingerprint density at radius 1 is 1.07 bits per heavy atom. The van der Waals surface area contributed by atoms with Gasteiger partial charge in [-0.1, -0.05) is 41.4 Å². The molecule has 6 nitrogen and oxygen atoms in total. The van der Waals surface area contributed by atoms with Crippen molar-refractivity contribution in [1.29, 1.82) is 0 Å². The number of nitrogens with one attached hydrogen (secondary N) is 1. The second-order valence-electron chi connectivity index (χ2n) is 6.17. The first-order valence-corrected chi connectivity index (χ1v) is 9.59. The van der Waals surface area contributed by atoms with Gasteiger partial charge in [0, 0.05) is 0 Å². The fourth-order valence-corrected chi connectivity index (χ4v) is 2.94. The lowest BCUT2D eigenvalue weighted by Crippen LogP contribution is -2.02. The van der Waals surface area contributed by atoms with Crippen LogP contribution in [0, 0.1) is 0 Å². The predicted molar refractivity (Wildman–Crippen MR) is 118 cm³/mol. The van der Waals surface area contributed by atoms with Gasteiger partial charge in [-0.25, -0.2) is 4.79 Å². The van der Waals surface area contributed by atoms with Crippen molar-refractivity contribution in [2.24, 2.45) is 5.10 Å². The van der Waals surface area contributed by atoms with Crippen LogP contribution in [0.5, 0.6) is 11.5 Å². The number of hydrogen-bond acceptors (Lipinski definition) is 5. The van der Waals surface area contributed by atoms with Gasteiger partial charge in [0.25, 0.3) is 0 Å². The molecule has 3 rings (SSSR count). The molecule has 0 aliphatic carbocycles. The van der Waals surface area contributed by atoms with E-state index in [1.165, 1.54) is 6.07 Å². The normalized spacial score (nSPS) is 10.8. The highest BCUT2D eigenvalue weighted by Gasteiger charge is 2.09. The van der Waals surface area contributed by atoms with Crippen molar-refractivity contribution >= 4 is 41.1 Å². The van der Waals surface area contributed by atoms with E-state index < -0.39 is 5.97 Å². The van der Waals surface area contributed by atoms with E-state index in [0.29, 0.717) is 33.8 Å². The molecule has 0 aliphatic heterocycles. The van der Waals surface area contributed by atoms with Crippen LogP contribution in [0.2, 0.25) is 10.0 Å². The summed E-state index contributed by atoms with van der Waals surface area (Å²) in [6, 6.07) is 17.2. The molecule has 0 aliphatic rings. The standard InChI is InChI=1S/C22H18Cl2N2O4/c1-29-21-11-14(12-25-26-19-5-3-2-4-16(19)22(27)28)7-9-20(21)30-13-15-6-8-17(23)18(24)10-15/h2-12,26H,13H2,1H3,(H,27,28)/b25-12+. The van der Waals surface area contributed by atoms with E-state index in [-0.39, 0.29) is 5.56 Å². The topological polar surface area (TPSA) is 80.2 Å². The summed E-state index contributed by atoms with van der Waals surface area (Å²) >= 11 is 12.0. The molecule has 0 unspecified atom stereocenters. The number of ether oxygens (including phenoxy) is 2. The van der Waals surface area contributed by atoms with Gasteiger partial charge in [-0.15, -0.1) is 0 Å². The van der Waals surface area contributed by atoms with Crippen LogP contribution >= 0.6 is 23.2 Å². The first kappa shape index (κ1) is 21.5. The number of hydrazone groups is 1. The van der Waals surface area contributed by atoms with Gasteiger partial charge >= 0.3 is 5.97 Å². The van der Waals surface area contributed by atoms with Crippen LogP contribution in [0.4, 0.5) is 5.69 Å². The summed E-state index contributed by atoms with van der Waals surface area (Å²) in [5.41, 5.74) is 4.90. The van der Waals surface area contributed by atoms with E-state index in [4.69, 9.17) is 32.7 Å². The van der Waals surface area contributed by atoms with Crippen molar-refractivity contribution < 1.29 is 19.4 Å². The highest BCUT2D eigenvalue weighted by Crippen LogP contribution is 2.29. The zero-order valence-corrected chi connectivity index (χ0v) is 17.4. The van der Waals surface area contributed by atoms with Crippen LogP contribution in [0.1, 0.15) is 21.5 Å². The molecule has 30 heavy (non-hydrogen) atoms. The van der Waals surface area contributed by atoms with Crippen LogP contribution in [-0.2, 0) is 6.61 Å². The van der Waals surface area contributed by atoms with E-state index >= 15 is 0 Å². The average molecular weight is 445 g/mol. The minimum absolute atomic E-state index is 0.137. The van der Waals surface area contributed by atoms with E-state index in [0.717, 1.165) is 11.1 Å². The quantitative estimate of drug-likeness (QED) is 0.342. The lowest BCUT2D eigenvalue weighted by Gasteiger charge is -2.12. The number of nitrogens with zero attached hydrogens (tertiary/aromatic N) is 1. The Morgan fingerprint density at radius 2 is 1.87 bits per heavy atom. The third-order valence-electron chi connectivity index (χ3n) is 4.12. The van der Waals surface area contributed by atoms with Gasteiger partial charge in [0.15, 0.2) is 11.5 Å². The number of hydrogen-bond donors (Lipinski definition) is 2. The molecule has 0 heterocycles. The van der Waals surface area contributed by atoms with Gasteiger partial charge in [-0.3, -0.25) is 5.43 Å². The Hall–Kier alpha value is -3.22. The number of carbonyl (C=O) groups is 1. The molecule has 0 radical (unpaired) electrons. The van der Waals surface area contributed by atoms with Gasteiger partial charge in [-0.05, 0) is 53.6 Å². The molecule has 3 aromatic carbocycles. The van der Waals surface area contributed by atoms with Crippen LogP contribution < -0.4 is 14.9 Å². The minimum Gasteiger partial charge on any atom is -0.493 e. The predicted octanol–water partition coefficient (Wildman–Crippen LogP) is 5.73. The Labute approximate surface area is 183 Å². The fraction of sp³-hybridized carbons (Fsp3) is 0.0909. The number of aromatic carboxylic acids is 1. The molecule has 0 atom stereocenters. The molecule has 8 heteroatoms. The summed E-state index contributed by atoms with van der Waals surface area (Å²) in [7, 11) is 1.55. The molecular weight excluding hydrogens is 427 g/mol. The smallest absolute Gasteiger partial charge is 0.337 e. The maximum absolute atomic E-state index is 11.2. The Bertz CT molecular complexity index is 1090. The van der Waals surface area contributed by atoms with Crippen LogP contribution in [0.25, 0.3) is 0 Å². The summed E-state index contributed by atoms with van der Waals surface area (Å²) in [5, 5.41) is 14.3. The second kappa shape index (κ2) is 10.0. The average Bonchev–Trinajstić information content (AvgIpc) is 2.75. The van der Waals surface area contributed by atoms with E-state index in [1.54, 1.807) is 61.9 Å². The number of rotatable bonds is 8. The molecule has 0 amide bonds. The Morgan fingerprint density at radius 3 is 2.60 bits per heavy atom. The van der Waals surface area contributed by atoms with E-state index in [2.05, 4.69) is 10.5 Å². The molecule has 0 spiro atoms. The highest BCUT2D eigenvalue weighted by atomic mass is 35.5. The summed E-state index contributed by atoms with van der Waals surface area (Å²) in [6.07, 6.45) is 1.56. The number of halogens is 2. The molecule has 0 fully saturated rings. The van der Waals surface area contributed by atoms with Gasteiger partial charge in [-0.2, -0.15) is 5.10 Å². The Balaban J connectivity index is 1.68. The molecule has 0 aromatic heterocycles. The summed E-state index contributed by atoms with van der Waals surface area (Å²) in [6.45, 7) is 0.300. The molecule has 0 saturated carbocycles. The zero-order valence-electron chi connectivity index (χ0n) is 15.9. The van der Waals surface area contributed by atoms with Crippen LogP contribution in [0.15, 0.2) is 65.8 Å². The zero-order chi connectivity index (χ0) is 21.5. The fourth-order valence-electron chi connectivity index (χ4n) is 2.62. The molecular formula is C22H18Cl2N2O4. The third kappa shape index (κ3) is 5.43. The van der Waals surface area contributed by atoms with Gasteiger partial charge in [0.05, 0.1) is 34.6 Å². The number of anilines is 1. The van der Waals surface area contributed by atoms with Crippen molar-refractivity contribution in [2.75, 3.05) is 12.5 Å². The van der Waals surface area contributed by atoms with Gasteiger partial charge < -0.3 is 14.6 Å². The molecule has 2 N–H and O–H groups in total. The van der Waals surface area contributed by atoms with Gasteiger partial charge in [0.2, 0.25) is 0 Å². The number of para-hydroxylation sites is 1. The molecule has 154 valence electrons. The largest absolute Gasteiger partial charge is 0.493 e.